The Morgan fingerprint density at radius 3 is 1.29 bits per heavy atom. The maximum absolute atomic E-state index is 3.70. The van der Waals surface area contributed by atoms with Crippen molar-refractivity contribution in [3.63, 3.8) is 0 Å². The van der Waals surface area contributed by atoms with E-state index in [2.05, 4.69) is 13.8 Å². The average molecular weight is 123 g/mol. The van der Waals surface area contributed by atoms with Gasteiger partial charge in [0.1, 0.15) is 0 Å². The van der Waals surface area contributed by atoms with Crippen LogP contribution in [0.2, 0.25) is 0 Å². The van der Waals surface area contributed by atoms with E-state index in [-0.39, 0.29) is 51.4 Å². The fraction of sp³-hybridized carbons (Fsp3) is 0.667. The van der Waals surface area contributed by atoms with E-state index in [0.717, 1.165) is 12.8 Å². The van der Waals surface area contributed by atoms with Crippen LogP contribution in [0.25, 0.3) is 0 Å². The van der Waals surface area contributed by atoms with Gasteiger partial charge in [-0.1, -0.05) is 12.8 Å². The summed E-state index contributed by atoms with van der Waals surface area (Å²) in [5, 5.41) is 0. The maximum Gasteiger partial charge on any atom is 1.00 e. The van der Waals surface area contributed by atoms with Crippen molar-refractivity contribution in [3.05, 3.63) is 13.8 Å². The van der Waals surface area contributed by atoms with Crippen molar-refractivity contribution in [1.29, 1.82) is 0 Å². The zero-order valence-electron chi connectivity index (χ0n) is 5.24. The normalized spacial score (nSPS) is 7.71. The fourth-order valence-corrected chi connectivity index (χ4v) is 0.354. The van der Waals surface area contributed by atoms with Gasteiger partial charge in [0, 0.05) is 0 Å². The molecule has 0 spiro atoms. The van der Waals surface area contributed by atoms with Crippen LogP contribution >= 0.6 is 0 Å². The Labute approximate surface area is 89.5 Å². The standard InChI is InChI=1S/C6H12.K/c1-3-5-6-4-2;/h1-6H2;/q-2;+1. The van der Waals surface area contributed by atoms with Gasteiger partial charge >= 0.3 is 51.4 Å². The Bertz CT molecular complexity index is 16.1. The molecule has 0 aliphatic carbocycles. The number of rotatable bonds is 3. The Morgan fingerprint density at radius 2 is 1.14 bits per heavy atom. The zero-order chi connectivity index (χ0) is 4.83. The van der Waals surface area contributed by atoms with Crippen LogP contribution in [0.3, 0.4) is 0 Å². The summed E-state index contributed by atoms with van der Waals surface area (Å²) >= 11 is 0. The first-order valence-electron chi connectivity index (χ1n) is 2.50. The molecule has 0 nitrogen and oxygen atoms in total. The third-order valence-corrected chi connectivity index (χ3v) is 0.750. The van der Waals surface area contributed by atoms with E-state index in [9.17, 15) is 0 Å². The van der Waals surface area contributed by atoms with Gasteiger partial charge in [-0.2, -0.15) is 12.8 Å². The van der Waals surface area contributed by atoms with Crippen LogP contribution in [0.5, 0.6) is 0 Å². The third kappa shape index (κ3) is 11.3. The second kappa shape index (κ2) is 10.6. The van der Waals surface area contributed by atoms with Crippen LogP contribution in [-0.4, -0.2) is 0 Å². The van der Waals surface area contributed by atoms with Gasteiger partial charge < -0.3 is 13.8 Å². The molecule has 0 unspecified atom stereocenters. The van der Waals surface area contributed by atoms with Gasteiger partial charge in [0.05, 0.1) is 0 Å². The SMILES string of the molecule is [CH2-]CCCC[CH2-].[K+]. The van der Waals surface area contributed by atoms with E-state index in [1.807, 2.05) is 0 Å². The van der Waals surface area contributed by atoms with E-state index in [0.29, 0.717) is 0 Å². The van der Waals surface area contributed by atoms with Crippen molar-refractivity contribution in [1.82, 2.24) is 0 Å². The Balaban J connectivity index is 0. The van der Waals surface area contributed by atoms with Crippen LogP contribution in [0.15, 0.2) is 0 Å². The van der Waals surface area contributed by atoms with Gasteiger partial charge in [-0.15, -0.1) is 0 Å². The molecule has 7 heavy (non-hydrogen) atoms. The molecule has 0 fully saturated rings. The number of unbranched alkanes of at least 4 members (excludes halogenated alkanes) is 3. The summed E-state index contributed by atoms with van der Waals surface area (Å²) in [5.74, 6) is 0. The van der Waals surface area contributed by atoms with Crippen LogP contribution in [-0.2, 0) is 0 Å². The van der Waals surface area contributed by atoms with E-state index < -0.39 is 0 Å². The van der Waals surface area contributed by atoms with E-state index in [4.69, 9.17) is 0 Å². The molecule has 0 amide bonds. The predicted molar refractivity (Wildman–Crippen MR) is 29.2 cm³/mol. The second-order valence-corrected chi connectivity index (χ2v) is 1.41. The summed E-state index contributed by atoms with van der Waals surface area (Å²) in [6.45, 7) is 7.39. The monoisotopic (exact) mass is 123 g/mol. The molecule has 0 aromatic carbocycles. The Morgan fingerprint density at radius 1 is 0.857 bits per heavy atom. The first kappa shape index (κ1) is 11.4. The number of hydrogen-bond acceptors (Lipinski definition) is 0. The van der Waals surface area contributed by atoms with Crippen molar-refractivity contribution in [2.45, 2.75) is 25.7 Å². The predicted octanol–water partition coefficient (Wildman–Crippen LogP) is -0.781. The van der Waals surface area contributed by atoms with Gasteiger partial charge in [0.2, 0.25) is 0 Å². The summed E-state index contributed by atoms with van der Waals surface area (Å²) in [5.41, 5.74) is 0. The van der Waals surface area contributed by atoms with Crippen molar-refractivity contribution in [3.8, 4) is 0 Å². The van der Waals surface area contributed by atoms with Crippen molar-refractivity contribution in [2.75, 3.05) is 0 Å². The van der Waals surface area contributed by atoms with Crippen molar-refractivity contribution >= 4 is 0 Å². The molecular formula is C6H12K-. The summed E-state index contributed by atoms with van der Waals surface area (Å²) in [7, 11) is 0. The van der Waals surface area contributed by atoms with E-state index >= 15 is 0 Å². The molecule has 0 aromatic heterocycles. The van der Waals surface area contributed by atoms with Gasteiger partial charge in [0.15, 0.2) is 0 Å². The van der Waals surface area contributed by atoms with Gasteiger partial charge in [-0.05, 0) is 0 Å². The van der Waals surface area contributed by atoms with Crippen LogP contribution < -0.4 is 51.4 Å². The molecule has 0 aliphatic rings. The van der Waals surface area contributed by atoms with Gasteiger partial charge in [-0.3, -0.25) is 0 Å². The maximum atomic E-state index is 3.70. The van der Waals surface area contributed by atoms with Crippen LogP contribution in [0, 0.1) is 13.8 Å². The Hall–Kier alpha value is 1.64. The fourth-order valence-electron chi connectivity index (χ4n) is 0.354. The minimum Gasteiger partial charge on any atom is -0.343 e. The largest absolute Gasteiger partial charge is 1.00 e. The minimum absolute atomic E-state index is 0. The molecule has 0 radical (unpaired) electrons. The molecule has 0 heterocycles. The molecule has 0 aromatic rings. The van der Waals surface area contributed by atoms with E-state index in [1.54, 1.807) is 0 Å². The first-order chi connectivity index (χ1) is 2.91. The molecule has 0 saturated carbocycles. The molecule has 0 aliphatic heterocycles. The molecule has 0 N–H and O–H groups in total. The van der Waals surface area contributed by atoms with Crippen LogP contribution in [0.1, 0.15) is 25.7 Å². The molecule has 0 atom stereocenters. The molecule has 1 heteroatoms. The molecule has 0 saturated heterocycles. The number of hydrogen-bond donors (Lipinski definition) is 0. The summed E-state index contributed by atoms with van der Waals surface area (Å²) in [4.78, 5) is 0. The van der Waals surface area contributed by atoms with E-state index in [1.165, 1.54) is 12.8 Å². The topological polar surface area (TPSA) is 0 Å². The quantitative estimate of drug-likeness (QED) is 0.262. The molecule has 0 bridgehead atoms. The van der Waals surface area contributed by atoms with Crippen molar-refractivity contribution in [2.24, 2.45) is 0 Å². The molecule has 0 rings (SSSR count). The second-order valence-electron chi connectivity index (χ2n) is 1.41. The zero-order valence-corrected chi connectivity index (χ0v) is 8.37. The summed E-state index contributed by atoms with van der Waals surface area (Å²) < 4.78 is 0. The smallest absolute Gasteiger partial charge is 0.343 e. The molecule has 38 valence electrons. The summed E-state index contributed by atoms with van der Waals surface area (Å²) in [6.07, 6.45) is 4.61. The van der Waals surface area contributed by atoms with Crippen LogP contribution in [0.4, 0.5) is 0 Å². The molecular weight excluding hydrogens is 111 g/mol. The minimum atomic E-state index is 0. The third-order valence-electron chi connectivity index (χ3n) is 0.750. The summed E-state index contributed by atoms with van der Waals surface area (Å²) in [6, 6.07) is 0. The van der Waals surface area contributed by atoms with Crippen molar-refractivity contribution < 1.29 is 51.4 Å². The first-order valence-corrected chi connectivity index (χ1v) is 2.50. The Kier molecular flexibility index (Phi) is 17.3. The van der Waals surface area contributed by atoms with Gasteiger partial charge in [0.25, 0.3) is 0 Å². The average Bonchev–Trinajstić information content (AvgIpc) is 1.61. The van der Waals surface area contributed by atoms with Gasteiger partial charge in [-0.25, -0.2) is 0 Å².